The number of carbonyl (C=O) groups excluding carboxylic acids is 2. The second-order valence-corrected chi connectivity index (χ2v) is 6.57. The highest BCUT2D eigenvalue weighted by atomic mass is 16.3. The summed E-state index contributed by atoms with van der Waals surface area (Å²) in [6.45, 7) is 3.36. The summed E-state index contributed by atoms with van der Waals surface area (Å²) in [6, 6.07) is 19.8. The van der Waals surface area contributed by atoms with Crippen molar-refractivity contribution in [2.75, 3.05) is 5.32 Å². The van der Waals surface area contributed by atoms with Gasteiger partial charge >= 0.3 is 0 Å². The molecule has 2 heterocycles. The van der Waals surface area contributed by atoms with Crippen molar-refractivity contribution in [3.63, 3.8) is 0 Å². The Labute approximate surface area is 162 Å². The van der Waals surface area contributed by atoms with Crippen molar-refractivity contribution in [2.24, 2.45) is 0 Å². The largest absolute Gasteiger partial charge is 0.460 e. The van der Waals surface area contributed by atoms with Gasteiger partial charge in [0.25, 0.3) is 5.91 Å². The van der Waals surface area contributed by atoms with Crippen LogP contribution in [0.25, 0.3) is 22.4 Å². The molecule has 138 valence electrons. The Hall–Kier alpha value is -3.73. The first kappa shape index (κ1) is 17.7. The van der Waals surface area contributed by atoms with Crippen LogP contribution in [-0.2, 0) is 0 Å². The second kappa shape index (κ2) is 7.12. The van der Waals surface area contributed by atoms with Crippen LogP contribution in [0.2, 0.25) is 0 Å². The molecule has 0 aliphatic heterocycles. The summed E-state index contributed by atoms with van der Waals surface area (Å²) in [5.74, 6) is 1.05. The number of nitrogens with zero attached hydrogens (tertiary/aromatic N) is 1. The van der Waals surface area contributed by atoms with Gasteiger partial charge in [-0.2, -0.15) is 0 Å². The summed E-state index contributed by atoms with van der Waals surface area (Å²) in [6.07, 6.45) is 0. The molecule has 0 aliphatic carbocycles. The molecular weight excluding hydrogens is 352 g/mol. The fourth-order valence-corrected chi connectivity index (χ4v) is 3.08. The van der Waals surface area contributed by atoms with Crippen molar-refractivity contribution in [1.82, 2.24) is 4.98 Å². The monoisotopic (exact) mass is 370 g/mol. The van der Waals surface area contributed by atoms with Crippen molar-refractivity contribution in [1.29, 1.82) is 0 Å². The number of rotatable bonds is 4. The second-order valence-electron chi connectivity index (χ2n) is 6.57. The van der Waals surface area contributed by atoms with Crippen LogP contribution in [0.4, 0.5) is 5.69 Å². The molecule has 1 N–H and O–H groups in total. The van der Waals surface area contributed by atoms with Gasteiger partial charge in [-0.25, -0.2) is 4.98 Å². The van der Waals surface area contributed by atoms with Gasteiger partial charge in [-0.3, -0.25) is 9.59 Å². The fraction of sp³-hybridized carbons (Fsp3) is 0.0870. The molecule has 0 unspecified atom stereocenters. The van der Waals surface area contributed by atoms with Gasteiger partial charge in [-0.05, 0) is 50.2 Å². The van der Waals surface area contributed by atoms with Crippen molar-refractivity contribution >= 4 is 28.3 Å². The minimum atomic E-state index is -0.274. The maximum Gasteiger partial charge on any atom is 0.256 e. The van der Waals surface area contributed by atoms with E-state index in [0.29, 0.717) is 33.8 Å². The predicted octanol–water partition coefficient (Wildman–Crippen LogP) is 5.26. The first-order valence-electron chi connectivity index (χ1n) is 8.90. The third-order valence-electron chi connectivity index (χ3n) is 4.48. The predicted molar refractivity (Wildman–Crippen MR) is 109 cm³/mol. The van der Waals surface area contributed by atoms with Gasteiger partial charge in [0.1, 0.15) is 11.5 Å². The molecule has 5 heteroatoms. The zero-order valence-electron chi connectivity index (χ0n) is 15.5. The van der Waals surface area contributed by atoms with E-state index >= 15 is 0 Å². The number of benzene rings is 2. The highest BCUT2D eigenvalue weighted by Gasteiger charge is 2.16. The van der Waals surface area contributed by atoms with Crippen molar-refractivity contribution < 1.29 is 14.0 Å². The van der Waals surface area contributed by atoms with E-state index < -0.39 is 0 Å². The number of amides is 1. The lowest BCUT2D eigenvalue weighted by Gasteiger charge is -2.10. The maximum atomic E-state index is 13.0. The molecule has 4 aromatic rings. The molecule has 0 spiro atoms. The Kier molecular flexibility index (Phi) is 4.49. The lowest BCUT2D eigenvalue weighted by Crippen LogP contribution is -2.13. The maximum absolute atomic E-state index is 13.0. The number of anilines is 1. The molecule has 0 atom stereocenters. The summed E-state index contributed by atoms with van der Waals surface area (Å²) in [5, 5.41) is 3.63. The normalized spacial score (nSPS) is 10.8. The van der Waals surface area contributed by atoms with E-state index in [1.807, 2.05) is 43.3 Å². The van der Waals surface area contributed by atoms with Gasteiger partial charge in [-0.1, -0.05) is 30.3 Å². The molecule has 4 rings (SSSR count). The number of hydrogen-bond donors (Lipinski definition) is 1. The highest BCUT2D eigenvalue weighted by Crippen LogP contribution is 2.27. The highest BCUT2D eigenvalue weighted by molar-refractivity contribution is 6.13. The van der Waals surface area contributed by atoms with E-state index in [9.17, 15) is 9.59 Å². The van der Waals surface area contributed by atoms with Gasteiger partial charge in [0, 0.05) is 16.6 Å². The van der Waals surface area contributed by atoms with Crippen molar-refractivity contribution in [3.8, 4) is 11.5 Å². The molecule has 28 heavy (non-hydrogen) atoms. The van der Waals surface area contributed by atoms with Gasteiger partial charge in [0.05, 0.1) is 11.1 Å². The molecule has 2 aromatic carbocycles. The third kappa shape index (κ3) is 3.42. The van der Waals surface area contributed by atoms with Gasteiger partial charge < -0.3 is 9.73 Å². The molecule has 0 aliphatic rings. The molecule has 0 fully saturated rings. The number of furan rings is 1. The van der Waals surface area contributed by atoms with Crippen LogP contribution in [0.3, 0.4) is 0 Å². The van der Waals surface area contributed by atoms with E-state index in [4.69, 9.17) is 4.42 Å². The van der Waals surface area contributed by atoms with Crippen LogP contribution in [0.5, 0.6) is 0 Å². The first-order valence-corrected chi connectivity index (χ1v) is 8.90. The Morgan fingerprint density at radius 3 is 2.54 bits per heavy atom. The van der Waals surface area contributed by atoms with E-state index in [0.717, 1.165) is 11.1 Å². The molecule has 0 radical (unpaired) electrons. The number of para-hydroxylation sites is 1. The number of aryl methyl sites for hydroxylation is 1. The number of pyridine rings is 1. The Morgan fingerprint density at radius 1 is 0.964 bits per heavy atom. The summed E-state index contributed by atoms with van der Waals surface area (Å²) in [4.78, 5) is 29.3. The molecule has 0 bridgehead atoms. The Bertz CT molecular complexity index is 1210. The summed E-state index contributed by atoms with van der Waals surface area (Å²) >= 11 is 0. The van der Waals surface area contributed by atoms with Crippen LogP contribution in [0.15, 0.2) is 71.1 Å². The van der Waals surface area contributed by atoms with Gasteiger partial charge in [0.2, 0.25) is 0 Å². The number of Topliss-reactive ketones (excluding diaryl/α,β-unsaturated/α-hetero) is 1. The molecule has 2 aromatic heterocycles. The van der Waals surface area contributed by atoms with E-state index in [2.05, 4.69) is 10.3 Å². The molecule has 0 saturated heterocycles. The number of carbonyl (C=O) groups is 2. The quantitative estimate of drug-likeness (QED) is 0.498. The third-order valence-corrected chi connectivity index (χ3v) is 4.48. The average Bonchev–Trinajstić information content (AvgIpc) is 3.13. The minimum absolute atomic E-state index is 0.0547. The number of fused-ring (bicyclic) bond motifs is 1. The fourth-order valence-electron chi connectivity index (χ4n) is 3.08. The van der Waals surface area contributed by atoms with Crippen molar-refractivity contribution in [3.05, 3.63) is 83.6 Å². The number of ketones is 1. The molecule has 5 nitrogen and oxygen atoms in total. The van der Waals surface area contributed by atoms with E-state index in [-0.39, 0.29) is 11.7 Å². The smallest absolute Gasteiger partial charge is 0.256 e. The number of nitrogens with one attached hydrogen (secondary N) is 1. The van der Waals surface area contributed by atoms with Crippen LogP contribution in [-0.4, -0.2) is 16.7 Å². The van der Waals surface area contributed by atoms with Gasteiger partial charge in [0.15, 0.2) is 11.5 Å². The summed E-state index contributed by atoms with van der Waals surface area (Å²) < 4.78 is 5.68. The minimum Gasteiger partial charge on any atom is -0.460 e. The van der Waals surface area contributed by atoms with Crippen molar-refractivity contribution in [2.45, 2.75) is 13.8 Å². The molecule has 1 amide bonds. The zero-order valence-corrected chi connectivity index (χ0v) is 15.5. The van der Waals surface area contributed by atoms with Crippen LogP contribution >= 0.6 is 0 Å². The lowest BCUT2D eigenvalue weighted by atomic mass is 10.1. The topological polar surface area (TPSA) is 72.2 Å². The summed E-state index contributed by atoms with van der Waals surface area (Å²) in [5.41, 5.74) is 2.90. The van der Waals surface area contributed by atoms with Crippen LogP contribution in [0, 0.1) is 6.92 Å². The standard InChI is InChI=1S/C23H18N2O3/c1-14-10-11-22(28-14)21-13-19(18-8-3-4-9-20(18)25-21)23(27)24-17-7-5-6-16(12-17)15(2)26/h3-13H,1-2H3,(H,24,27). The zero-order chi connectivity index (χ0) is 19.7. The number of aromatic nitrogens is 1. The van der Waals surface area contributed by atoms with E-state index in [1.165, 1.54) is 6.92 Å². The Morgan fingerprint density at radius 2 is 1.79 bits per heavy atom. The van der Waals surface area contributed by atoms with E-state index in [1.54, 1.807) is 30.3 Å². The molecule has 0 saturated carbocycles. The lowest BCUT2D eigenvalue weighted by molar-refractivity contribution is 0.101. The summed E-state index contributed by atoms with van der Waals surface area (Å²) in [7, 11) is 0. The number of hydrogen-bond acceptors (Lipinski definition) is 4. The van der Waals surface area contributed by atoms with Crippen LogP contribution in [0.1, 0.15) is 33.4 Å². The van der Waals surface area contributed by atoms with Crippen LogP contribution < -0.4 is 5.32 Å². The SMILES string of the molecule is CC(=O)c1cccc(NC(=O)c2cc(-c3ccc(C)o3)nc3ccccc23)c1. The first-order chi connectivity index (χ1) is 13.5. The van der Waals surface area contributed by atoms with Gasteiger partial charge in [-0.15, -0.1) is 0 Å². The average molecular weight is 370 g/mol. The Balaban J connectivity index is 1.77. The molecular formula is C23H18N2O3.